The average Bonchev–Trinajstić information content (AvgIpc) is 2.71. The molecule has 1 aliphatic heterocycles. The molecule has 0 bridgehead atoms. The van der Waals surface area contributed by atoms with Gasteiger partial charge < -0.3 is 10.4 Å². The summed E-state index contributed by atoms with van der Waals surface area (Å²) in [6.07, 6.45) is 1.35. The molecule has 6 nitrogen and oxygen atoms in total. The molecule has 1 aliphatic rings. The van der Waals surface area contributed by atoms with Crippen LogP contribution in [0.25, 0.3) is 0 Å². The molecule has 8 heteroatoms. The van der Waals surface area contributed by atoms with E-state index in [-0.39, 0.29) is 29.4 Å². The van der Waals surface area contributed by atoms with Gasteiger partial charge in [-0.25, -0.2) is 12.8 Å². The Hall–Kier alpha value is -2.29. The minimum atomic E-state index is -3.77. The van der Waals surface area contributed by atoms with Crippen LogP contribution in [0.3, 0.4) is 0 Å². The minimum absolute atomic E-state index is 0.0300. The molecule has 0 unspecified atom stereocenters. The molecule has 156 valence electrons. The maximum atomic E-state index is 13.4. The lowest BCUT2D eigenvalue weighted by Crippen LogP contribution is -2.46. The Bertz CT molecular complexity index is 1020. The van der Waals surface area contributed by atoms with E-state index < -0.39 is 21.5 Å². The van der Waals surface area contributed by atoms with Gasteiger partial charge in [-0.15, -0.1) is 0 Å². The second-order valence-corrected chi connectivity index (χ2v) is 9.37. The Kier molecular flexibility index (Phi) is 6.07. The number of halogens is 1. The summed E-state index contributed by atoms with van der Waals surface area (Å²) < 4.78 is 40.7. The van der Waals surface area contributed by atoms with Gasteiger partial charge in [0.1, 0.15) is 5.82 Å². The van der Waals surface area contributed by atoms with Crippen LogP contribution in [0.4, 0.5) is 10.1 Å². The zero-order valence-electron chi connectivity index (χ0n) is 16.5. The molecule has 1 heterocycles. The molecule has 1 fully saturated rings. The van der Waals surface area contributed by atoms with Gasteiger partial charge in [0.2, 0.25) is 10.0 Å². The van der Waals surface area contributed by atoms with Crippen molar-refractivity contribution >= 4 is 21.6 Å². The van der Waals surface area contributed by atoms with Crippen molar-refractivity contribution in [2.75, 3.05) is 18.4 Å². The van der Waals surface area contributed by atoms with Gasteiger partial charge in [0.15, 0.2) is 0 Å². The number of piperidine rings is 1. The fraction of sp³-hybridized carbons (Fsp3) is 0.381. The second-order valence-electron chi connectivity index (χ2n) is 7.43. The van der Waals surface area contributed by atoms with Crippen LogP contribution >= 0.6 is 0 Å². The van der Waals surface area contributed by atoms with Crippen LogP contribution in [0.15, 0.2) is 47.4 Å². The Morgan fingerprint density at radius 1 is 1.21 bits per heavy atom. The highest BCUT2D eigenvalue weighted by atomic mass is 32.2. The molecule has 0 spiro atoms. The zero-order valence-corrected chi connectivity index (χ0v) is 17.3. The number of carbonyl (C=O) groups is 1. The van der Waals surface area contributed by atoms with Crippen LogP contribution in [0.1, 0.15) is 42.1 Å². The Balaban J connectivity index is 1.78. The first kappa shape index (κ1) is 21.4. The van der Waals surface area contributed by atoms with Gasteiger partial charge in [-0.05, 0) is 68.1 Å². The molecular formula is C21H25FN2O4S. The third kappa shape index (κ3) is 4.66. The van der Waals surface area contributed by atoms with Crippen LogP contribution in [-0.2, 0) is 10.0 Å². The molecule has 2 N–H and O–H groups in total. The van der Waals surface area contributed by atoms with E-state index in [4.69, 9.17) is 0 Å². The molecule has 1 amide bonds. The number of hydrogen-bond donors (Lipinski definition) is 2. The van der Waals surface area contributed by atoms with Crippen LogP contribution < -0.4 is 5.32 Å². The number of amides is 1. The smallest absolute Gasteiger partial charge is 0.255 e. The lowest BCUT2D eigenvalue weighted by Gasteiger charge is -2.36. The van der Waals surface area contributed by atoms with E-state index in [0.29, 0.717) is 30.5 Å². The molecule has 2 aromatic rings. The van der Waals surface area contributed by atoms with E-state index in [1.165, 1.54) is 46.8 Å². The summed E-state index contributed by atoms with van der Waals surface area (Å²) in [6, 6.07) is 10.1. The SMILES string of the molecule is CCC1(O)CCN(S(=O)(=O)c2cccc(C(=O)Nc3ccc(F)c(C)c3)c2)CC1. The van der Waals surface area contributed by atoms with Crippen LogP contribution in [-0.4, -0.2) is 42.4 Å². The highest BCUT2D eigenvalue weighted by Crippen LogP contribution is 2.29. The maximum absolute atomic E-state index is 13.4. The Morgan fingerprint density at radius 2 is 1.90 bits per heavy atom. The molecule has 29 heavy (non-hydrogen) atoms. The van der Waals surface area contributed by atoms with Crippen molar-refractivity contribution in [3.63, 3.8) is 0 Å². The lowest BCUT2D eigenvalue weighted by molar-refractivity contribution is -0.00802. The van der Waals surface area contributed by atoms with Crippen LogP contribution in [0.2, 0.25) is 0 Å². The van der Waals surface area contributed by atoms with Gasteiger partial charge in [0, 0.05) is 24.3 Å². The summed E-state index contributed by atoms with van der Waals surface area (Å²) >= 11 is 0. The molecule has 0 atom stereocenters. The summed E-state index contributed by atoms with van der Waals surface area (Å²) in [6.45, 7) is 3.95. The molecule has 0 radical (unpaired) electrons. The average molecular weight is 421 g/mol. The van der Waals surface area contributed by atoms with E-state index >= 15 is 0 Å². The summed E-state index contributed by atoms with van der Waals surface area (Å²) in [5.74, 6) is -0.848. The highest BCUT2D eigenvalue weighted by molar-refractivity contribution is 7.89. The largest absolute Gasteiger partial charge is 0.390 e. The van der Waals surface area contributed by atoms with E-state index in [9.17, 15) is 22.7 Å². The summed E-state index contributed by atoms with van der Waals surface area (Å²) in [7, 11) is -3.77. The Morgan fingerprint density at radius 3 is 2.52 bits per heavy atom. The number of aryl methyl sites for hydroxylation is 1. The molecule has 1 saturated heterocycles. The van der Waals surface area contributed by atoms with E-state index in [0.717, 1.165) is 0 Å². The van der Waals surface area contributed by atoms with Crippen molar-refractivity contribution in [1.82, 2.24) is 4.31 Å². The monoisotopic (exact) mass is 420 g/mol. The maximum Gasteiger partial charge on any atom is 0.255 e. The number of rotatable bonds is 5. The summed E-state index contributed by atoms with van der Waals surface area (Å²) in [5, 5.41) is 13.0. The number of carbonyl (C=O) groups excluding carboxylic acids is 1. The third-order valence-electron chi connectivity index (χ3n) is 5.46. The van der Waals surface area contributed by atoms with Crippen molar-refractivity contribution in [2.45, 2.75) is 43.6 Å². The quantitative estimate of drug-likeness (QED) is 0.777. The number of aliphatic hydroxyl groups is 1. The van der Waals surface area contributed by atoms with Crippen molar-refractivity contribution in [3.8, 4) is 0 Å². The van der Waals surface area contributed by atoms with Crippen molar-refractivity contribution in [1.29, 1.82) is 0 Å². The fourth-order valence-electron chi connectivity index (χ4n) is 3.37. The fourth-order valence-corrected chi connectivity index (χ4v) is 4.86. The third-order valence-corrected chi connectivity index (χ3v) is 7.36. The number of benzene rings is 2. The van der Waals surface area contributed by atoms with Gasteiger partial charge in [-0.1, -0.05) is 13.0 Å². The van der Waals surface area contributed by atoms with Gasteiger partial charge >= 0.3 is 0 Å². The van der Waals surface area contributed by atoms with Gasteiger partial charge in [-0.3, -0.25) is 4.79 Å². The summed E-state index contributed by atoms with van der Waals surface area (Å²) in [5.41, 5.74) is 0.199. The molecule has 0 aromatic heterocycles. The number of anilines is 1. The van der Waals surface area contributed by atoms with Crippen molar-refractivity contribution < 1.29 is 22.7 Å². The van der Waals surface area contributed by atoms with Gasteiger partial charge in [0.25, 0.3) is 5.91 Å². The predicted octanol–water partition coefficient (Wildman–Crippen LogP) is 3.31. The molecule has 2 aromatic carbocycles. The lowest BCUT2D eigenvalue weighted by atomic mass is 9.90. The summed E-state index contributed by atoms with van der Waals surface area (Å²) in [4.78, 5) is 12.6. The van der Waals surface area contributed by atoms with Gasteiger partial charge in [-0.2, -0.15) is 4.31 Å². The highest BCUT2D eigenvalue weighted by Gasteiger charge is 2.36. The topological polar surface area (TPSA) is 86.7 Å². The molecular weight excluding hydrogens is 395 g/mol. The molecule has 3 rings (SSSR count). The number of hydrogen-bond acceptors (Lipinski definition) is 4. The number of nitrogens with one attached hydrogen (secondary N) is 1. The first-order valence-corrected chi connectivity index (χ1v) is 11.0. The number of sulfonamides is 1. The standard InChI is InChI=1S/C21H25FN2O4S/c1-3-21(26)9-11-24(12-10-21)29(27,28)18-6-4-5-16(14-18)20(25)23-17-7-8-19(22)15(2)13-17/h4-8,13-14,26H,3,9-12H2,1-2H3,(H,23,25). The second kappa shape index (κ2) is 8.22. The first-order chi connectivity index (χ1) is 13.6. The van der Waals surface area contributed by atoms with E-state index in [1.807, 2.05) is 6.92 Å². The minimum Gasteiger partial charge on any atom is -0.390 e. The van der Waals surface area contributed by atoms with E-state index in [2.05, 4.69) is 5.32 Å². The van der Waals surface area contributed by atoms with Crippen molar-refractivity contribution in [3.05, 3.63) is 59.4 Å². The number of nitrogens with zero attached hydrogens (tertiary/aromatic N) is 1. The Labute approximate surface area is 170 Å². The van der Waals surface area contributed by atoms with Gasteiger partial charge in [0.05, 0.1) is 10.5 Å². The van der Waals surface area contributed by atoms with E-state index in [1.54, 1.807) is 6.92 Å². The van der Waals surface area contributed by atoms with Crippen molar-refractivity contribution in [2.24, 2.45) is 0 Å². The molecule has 0 saturated carbocycles. The zero-order chi connectivity index (χ0) is 21.2. The van der Waals surface area contributed by atoms with Crippen LogP contribution in [0, 0.1) is 12.7 Å². The predicted molar refractivity (Wildman–Crippen MR) is 109 cm³/mol. The first-order valence-electron chi connectivity index (χ1n) is 9.55. The van der Waals surface area contributed by atoms with Crippen LogP contribution in [0.5, 0.6) is 0 Å². The normalized spacial score (nSPS) is 17.1. The molecule has 0 aliphatic carbocycles.